The molecule has 0 amide bonds. The molecule has 0 spiro atoms. The number of nitrogens with zero attached hydrogens (tertiary/aromatic N) is 1. The van der Waals surface area contributed by atoms with E-state index in [1.54, 1.807) is 18.2 Å². The minimum atomic E-state index is -3.54. The van der Waals surface area contributed by atoms with Crippen molar-refractivity contribution in [1.29, 1.82) is 0 Å². The van der Waals surface area contributed by atoms with E-state index in [2.05, 4.69) is 24.8 Å². The molecule has 1 rings (SSSR count). The first-order valence-electron chi connectivity index (χ1n) is 6.34. The Morgan fingerprint density at radius 2 is 1.85 bits per heavy atom. The summed E-state index contributed by atoms with van der Waals surface area (Å²) in [4.78, 5) is 4.98. The third-order valence-electron chi connectivity index (χ3n) is 2.46. The van der Waals surface area contributed by atoms with Gasteiger partial charge in [0.25, 0.3) is 0 Å². The van der Waals surface area contributed by atoms with Gasteiger partial charge in [-0.1, -0.05) is 43.0 Å². The molecule has 0 unspecified atom stereocenters. The summed E-state index contributed by atoms with van der Waals surface area (Å²) in [6.45, 7) is 7.33. The van der Waals surface area contributed by atoms with Crippen LogP contribution in [0.1, 0.15) is 0 Å². The van der Waals surface area contributed by atoms with E-state index < -0.39 is 17.9 Å². The molecule has 0 aliphatic rings. The lowest BCUT2D eigenvalue weighted by Gasteiger charge is -2.14. The SMILES string of the molecule is C[Si](C)(C)CCOCO/N=C/S(=O)(=O)c1ccccc1. The van der Waals surface area contributed by atoms with Gasteiger partial charge in [0.2, 0.25) is 16.6 Å². The van der Waals surface area contributed by atoms with E-state index in [1.807, 2.05) is 0 Å². The summed E-state index contributed by atoms with van der Waals surface area (Å²) in [6.07, 6.45) is 0. The number of ether oxygens (including phenoxy) is 1. The molecule has 1 aromatic rings. The second-order valence-corrected chi connectivity index (χ2v) is 12.9. The number of oxime groups is 1. The highest BCUT2D eigenvalue weighted by molar-refractivity contribution is 8.04. The molecule has 0 N–H and O–H groups in total. The predicted molar refractivity (Wildman–Crippen MR) is 82.2 cm³/mol. The smallest absolute Gasteiger partial charge is 0.220 e. The molecule has 0 aromatic heterocycles. The highest BCUT2D eigenvalue weighted by atomic mass is 32.2. The molecule has 20 heavy (non-hydrogen) atoms. The highest BCUT2D eigenvalue weighted by Gasteiger charge is 2.12. The quantitative estimate of drug-likeness (QED) is 0.185. The monoisotopic (exact) mass is 315 g/mol. The van der Waals surface area contributed by atoms with Crippen molar-refractivity contribution >= 4 is 23.5 Å². The fourth-order valence-corrected chi connectivity index (χ4v) is 2.85. The predicted octanol–water partition coefficient (Wildman–Crippen LogP) is 2.73. The van der Waals surface area contributed by atoms with Crippen molar-refractivity contribution < 1.29 is 18.0 Å². The van der Waals surface area contributed by atoms with Gasteiger partial charge in [-0.3, -0.25) is 0 Å². The Kier molecular flexibility index (Phi) is 6.38. The molecule has 0 aliphatic carbocycles. The Hall–Kier alpha value is -1.18. The zero-order valence-corrected chi connectivity index (χ0v) is 13.9. The van der Waals surface area contributed by atoms with Gasteiger partial charge < -0.3 is 9.57 Å². The molecule has 0 bridgehead atoms. The minimum Gasteiger partial charge on any atom is -0.366 e. The van der Waals surface area contributed by atoms with Crippen LogP contribution in [0.3, 0.4) is 0 Å². The van der Waals surface area contributed by atoms with E-state index in [0.717, 1.165) is 11.6 Å². The maximum atomic E-state index is 11.8. The fraction of sp³-hybridized carbons (Fsp3) is 0.462. The largest absolute Gasteiger partial charge is 0.366 e. The van der Waals surface area contributed by atoms with Crippen molar-refractivity contribution in [3.63, 3.8) is 0 Å². The Balaban J connectivity index is 2.32. The van der Waals surface area contributed by atoms with Crippen LogP contribution in [-0.2, 0) is 19.4 Å². The third kappa shape index (κ3) is 6.83. The molecule has 0 radical (unpaired) electrons. The average molecular weight is 315 g/mol. The number of sulfone groups is 1. The van der Waals surface area contributed by atoms with Crippen molar-refractivity contribution in [3.05, 3.63) is 30.3 Å². The molecule has 0 heterocycles. The molecular formula is C13H21NO4SSi. The van der Waals surface area contributed by atoms with Crippen LogP contribution in [0.15, 0.2) is 40.4 Å². The molecule has 0 aliphatic heterocycles. The first kappa shape index (κ1) is 16.9. The Bertz CT molecular complexity index is 523. The summed E-state index contributed by atoms with van der Waals surface area (Å²) >= 11 is 0. The molecule has 0 fully saturated rings. The number of rotatable bonds is 8. The topological polar surface area (TPSA) is 65.0 Å². The van der Waals surface area contributed by atoms with Crippen LogP contribution in [0, 0.1) is 0 Å². The molecule has 0 atom stereocenters. The summed E-state index contributed by atoms with van der Waals surface area (Å²) in [7, 11) is -4.66. The van der Waals surface area contributed by atoms with Crippen LogP contribution < -0.4 is 0 Å². The Morgan fingerprint density at radius 1 is 1.20 bits per heavy atom. The molecule has 1 aromatic carbocycles. The summed E-state index contributed by atoms with van der Waals surface area (Å²) in [6, 6.07) is 9.10. The van der Waals surface area contributed by atoms with E-state index >= 15 is 0 Å². The van der Waals surface area contributed by atoms with Crippen LogP contribution >= 0.6 is 0 Å². The van der Waals surface area contributed by atoms with E-state index in [0.29, 0.717) is 6.61 Å². The van der Waals surface area contributed by atoms with Crippen molar-refractivity contribution in [2.75, 3.05) is 13.4 Å². The Morgan fingerprint density at radius 3 is 2.45 bits per heavy atom. The lowest BCUT2D eigenvalue weighted by molar-refractivity contribution is -0.0469. The molecule has 0 saturated carbocycles. The van der Waals surface area contributed by atoms with Gasteiger partial charge in [-0.2, -0.15) is 0 Å². The Labute approximate surface area is 121 Å². The summed E-state index contributed by atoms with van der Waals surface area (Å²) < 4.78 is 28.8. The second-order valence-electron chi connectivity index (χ2n) is 5.53. The van der Waals surface area contributed by atoms with Crippen molar-refractivity contribution in [1.82, 2.24) is 0 Å². The van der Waals surface area contributed by atoms with E-state index in [4.69, 9.17) is 9.57 Å². The molecule has 0 saturated heterocycles. The van der Waals surface area contributed by atoms with Crippen molar-refractivity contribution in [2.24, 2.45) is 5.16 Å². The molecule has 112 valence electrons. The second kappa shape index (κ2) is 7.56. The summed E-state index contributed by atoms with van der Waals surface area (Å²) in [5.74, 6) is 0. The highest BCUT2D eigenvalue weighted by Crippen LogP contribution is 2.08. The minimum absolute atomic E-state index is 0.0364. The van der Waals surface area contributed by atoms with E-state index in [1.165, 1.54) is 12.1 Å². The lowest BCUT2D eigenvalue weighted by Crippen LogP contribution is -2.21. The zero-order valence-electron chi connectivity index (χ0n) is 12.1. The van der Waals surface area contributed by atoms with Crippen molar-refractivity contribution in [3.8, 4) is 0 Å². The summed E-state index contributed by atoms with van der Waals surface area (Å²) in [5, 5.41) is 3.43. The van der Waals surface area contributed by atoms with Crippen LogP contribution in [-0.4, -0.2) is 35.4 Å². The van der Waals surface area contributed by atoms with Crippen LogP contribution in [0.25, 0.3) is 0 Å². The van der Waals surface area contributed by atoms with Gasteiger partial charge in [-0.15, -0.1) is 0 Å². The zero-order chi connectivity index (χ0) is 15.1. The van der Waals surface area contributed by atoms with Gasteiger partial charge in [0.1, 0.15) is 0 Å². The number of benzene rings is 1. The number of hydrogen-bond donors (Lipinski definition) is 0. The number of hydrogen-bond acceptors (Lipinski definition) is 5. The van der Waals surface area contributed by atoms with Gasteiger partial charge >= 0.3 is 0 Å². The van der Waals surface area contributed by atoms with E-state index in [-0.39, 0.29) is 11.7 Å². The fourth-order valence-electron chi connectivity index (χ4n) is 1.26. The standard InChI is InChI=1S/C13H21NO4SSi/c1-20(2,3)10-9-17-12-18-14-11-19(15,16)13-7-5-4-6-8-13/h4-8,11H,9-10,12H2,1-3H3/b14-11+. The van der Waals surface area contributed by atoms with Gasteiger partial charge in [0, 0.05) is 14.7 Å². The molecule has 7 heteroatoms. The van der Waals surface area contributed by atoms with E-state index in [9.17, 15) is 8.42 Å². The third-order valence-corrected chi connectivity index (χ3v) is 5.46. The lowest BCUT2D eigenvalue weighted by atomic mass is 10.4. The van der Waals surface area contributed by atoms with Gasteiger partial charge in [-0.05, 0) is 18.2 Å². The normalized spacial score (nSPS) is 12.8. The van der Waals surface area contributed by atoms with Crippen LogP contribution in [0.5, 0.6) is 0 Å². The molecule has 5 nitrogen and oxygen atoms in total. The van der Waals surface area contributed by atoms with Gasteiger partial charge in [0.15, 0.2) is 5.55 Å². The van der Waals surface area contributed by atoms with Gasteiger partial charge in [0.05, 0.1) is 4.90 Å². The first-order chi connectivity index (χ1) is 9.31. The maximum Gasteiger partial charge on any atom is 0.220 e. The van der Waals surface area contributed by atoms with Crippen molar-refractivity contribution in [2.45, 2.75) is 30.6 Å². The maximum absolute atomic E-state index is 11.8. The molecular weight excluding hydrogens is 294 g/mol. The average Bonchev–Trinajstić information content (AvgIpc) is 2.37. The van der Waals surface area contributed by atoms with Crippen LogP contribution in [0.4, 0.5) is 0 Å². The first-order valence-corrected chi connectivity index (χ1v) is 11.6. The van der Waals surface area contributed by atoms with Gasteiger partial charge in [-0.25, -0.2) is 8.42 Å². The van der Waals surface area contributed by atoms with Crippen LogP contribution in [0.2, 0.25) is 25.7 Å². The summed E-state index contributed by atoms with van der Waals surface area (Å²) in [5.41, 5.74) is 0.796.